The number of para-hydroxylation sites is 1. The van der Waals surface area contributed by atoms with Crippen LogP contribution in [0.3, 0.4) is 0 Å². The second kappa shape index (κ2) is 9.84. The monoisotopic (exact) mass is 453 g/mol. The molecule has 0 bridgehead atoms. The van der Waals surface area contributed by atoms with Gasteiger partial charge >= 0.3 is 0 Å². The summed E-state index contributed by atoms with van der Waals surface area (Å²) in [4.78, 5) is 25.7. The molecular formula is C22H16ClN3O2S2. The maximum atomic E-state index is 12.3. The Kier molecular flexibility index (Phi) is 6.74. The molecule has 0 aliphatic heterocycles. The molecule has 0 unspecified atom stereocenters. The quantitative estimate of drug-likeness (QED) is 0.190. The van der Waals surface area contributed by atoms with E-state index < -0.39 is 0 Å². The van der Waals surface area contributed by atoms with Crippen molar-refractivity contribution in [2.24, 2.45) is 0 Å². The third-order valence-electron chi connectivity index (χ3n) is 4.06. The third-order valence-corrected chi connectivity index (χ3v) is 6.06. The van der Waals surface area contributed by atoms with E-state index in [9.17, 15) is 4.79 Å². The van der Waals surface area contributed by atoms with Crippen LogP contribution in [-0.4, -0.2) is 26.5 Å². The predicted molar refractivity (Wildman–Crippen MR) is 120 cm³/mol. The Morgan fingerprint density at radius 2 is 1.80 bits per heavy atom. The zero-order valence-corrected chi connectivity index (χ0v) is 18.1. The van der Waals surface area contributed by atoms with Gasteiger partial charge in [-0.1, -0.05) is 65.8 Å². The van der Waals surface area contributed by atoms with E-state index in [0.717, 1.165) is 10.7 Å². The first kappa shape index (κ1) is 20.5. The van der Waals surface area contributed by atoms with Crippen LogP contribution in [0.25, 0.3) is 11.4 Å². The third kappa shape index (κ3) is 5.24. The number of rotatable bonds is 8. The molecule has 0 fully saturated rings. The highest BCUT2D eigenvalue weighted by atomic mass is 35.5. The van der Waals surface area contributed by atoms with E-state index in [1.807, 2.05) is 53.9 Å². The summed E-state index contributed by atoms with van der Waals surface area (Å²) in [6.45, 7) is 0.326. The zero-order valence-electron chi connectivity index (χ0n) is 15.7. The zero-order chi connectivity index (χ0) is 20.8. The van der Waals surface area contributed by atoms with Gasteiger partial charge in [-0.2, -0.15) is 0 Å². The van der Waals surface area contributed by atoms with Crippen molar-refractivity contribution in [3.05, 3.63) is 87.8 Å². The van der Waals surface area contributed by atoms with Gasteiger partial charge in [0.2, 0.25) is 0 Å². The van der Waals surface area contributed by atoms with E-state index in [1.165, 1.54) is 23.1 Å². The van der Waals surface area contributed by atoms with Crippen molar-refractivity contribution in [2.45, 2.75) is 11.8 Å². The number of carbonyl (C=O) groups is 1. The predicted octanol–water partition coefficient (Wildman–Crippen LogP) is 5.81. The molecule has 30 heavy (non-hydrogen) atoms. The fourth-order valence-electron chi connectivity index (χ4n) is 2.59. The Morgan fingerprint density at radius 1 is 1.00 bits per heavy atom. The van der Waals surface area contributed by atoms with Crippen molar-refractivity contribution in [3.8, 4) is 17.1 Å². The second-order valence-electron chi connectivity index (χ2n) is 6.15. The van der Waals surface area contributed by atoms with Gasteiger partial charge in [0.05, 0.1) is 16.5 Å². The van der Waals surface area contributed by atoms with Crippen LogP contribution in [0.4, 0.5) is 0 Å². The van der Waals surface area contributed by atoms with Gasteiger partial charge in [0.15, 0.2) is 10.9 Å². The van der Waals surface area contributed by atoms with Gasteiger partial charge in [0.1, 0.15) is 23.1 Å². The standard InChI is InChI=1S/C22H16ClN3O2S2/c23-16-8-4-5-9-20(16)28-12-21-25-18(13-29-21)17-10-11-24-22(26-17)30-14-19(27)15-6-2-1-3-7-15/h1-11,13H,12,14H2. The number of thiazole rings is 1. The molecule has 0 radical (unpaired) electrons. The molecule has 0 atom stereocenters. The van der Waals surface area contributed by atoms with Crippen LogP contribution < -0.4 is 4.74 Å². The molecule has 0 saturated heterocycles. The lowest BCUT2D eigenvalue weighted by Gasteiger charge is -2.05. The SMILES string of the molecule is O=C(CSc1nccc(-c2csc(COc3ccccc3Cl)n2)n1)c1ccccc1. The number of hydrogen-bond donors (Lipinski definition) is 0. The highest BCUT2D eigenvalue weighted by Gasteiger charge is 2.11. The molecule has 0 aliphatic rings. The molecule has 2 heterocycles. The Balaban J connectivity index is 1.39. The van der Waals surface area contributed by atoms with Crippen LogP contribution in [0.15, 0.2) is 77.4 Å². The summed E-state index contributed by atoms with van der Waals surface area (Å²) in [5.41, 5.74) is 2.14. The molecule has 5 nitrogen and oxygen atoms in total. The molecular weight excluding hydrogens is 438 g/mol. The van der Waals surface area contributed by atoms with Crippen molar-refractivity contribution < 1.29 is 9.53 Å². The average Bonchev–Trinajstić information content (AvgIpc) is 3.27. The molecule has 2 aromatic carbocycles. The van der Waals surface area contributed by atoms with Crippen molar-refractivity contribution in [2.75, 3.05) is 5.75 Å². The van der Waals surface area contributed by atoms with Gasteiger partial charge in [-0.3, -0.25) is 4.79 Å². The molecule has 4 rings (SSSR count). The molecule has 2 aromatic heterocycles. The summed E-state index contributed by atoms with van der Waals surface area (Å²) in [6, 6.07) is 18.3. The normalized spacial score (nSPS) is 10.7. The number of carbonyl (C=O) groups excluding carboxylic acids is 1. The van der Waals surface area contributed by atoms with Crippen LogP contribution in [0.2, 0.25) is 5.02 Å². The molecule has 0 saturated carbocycles. The first-order valence-corrected chi connectivity index (χ1v) is 11.3. The minimum atomic E-state index is 0.0438. The maximum absolute atomic E-state index is 12.3. The number of Topliss-reactive ketones (excluding diaryl/α,β-unsaturated/α-hetero) is 1. The maximum Gasteiger partial charge on any atom is 0.188 e. The lowest BCUT2D eigenvalue weighted by molar-refractivity contribution is 0.102. The van der Waals surface area contributed by atoms with Crippen LogP contribution in [0.1, 0.15) is 15.4 Å². The van der Waals surface area contributed by atoms with Crippen molar-refractivity contribution in [1.29, 1.82) is 0 Å². The number of ketones is 1. The topological polar surface area (TPSA) is 65.0 Å². The minimum absolute atomic E-state index is 0.0438. The number of hydrogen-bond acceptors (Lipinski definition) is 7. The summed E-state index contributed by atoms with van der Waals surface area (Å²) in [6.07, 6.45) is 1.68. The first-order valence-electron chi connectivity index (χ1n) is 9.05. The molecule has 0 N–H and O–H groups in total. The Hall–Kier alpha value is -2.74. The van der Waals surface area contributed by atoms with Gasteiger partial charge in [0.25, 0.3) is 0 Å². The van der Waals surface area contributed by atoms with Gasteiger partial charge < -0.3 is 4.74 Å². The van der Waals surface area contributed by atoms with Gasteiger partial charge in [-0.25, -0.2) is 15.0 Å². The minimum Gasteiger partial charge on any atom is -0.485 e. The molecule has 0 spiro atoms. The number of ether oxygens (including phenoxy) is 1. The first-order chi connectivity index (χ1) is 14.7. The van der Waals surface area contributed by atoms with Crippen molar-refractivity contribution >= 4 is 40.5 Å². The summed E-state index contributed by atoms with van der Waals surface area (Å²) >= 11 is 8.92. The number of thioether (sulfide) groups is 1. The van der Waals surface area contributed by atoms with Crippen molar-refractivity contribution in [1.82, 2.24) is 15.0 Å². The second-order valence-corrected chi connectivity index (χ2v) is 8.44. The molecule has 0 aliphatic carbocycles. The van der Waals surface area contributed by atoms with Crippen LogP contribution in [0.5, 0.6) is 5.75 Å². The number of halogens is 1. The Morgan fingerprint density at radius 3 is 2.63 bits per heavy atom. The summed E-state index contributed by atoms with van der Waals surface area (Å²) in [5, 5.41) is 3.85. The van der Waals surface area contributed by atoms with Crippen LogP contribution >= 0.6 is 34.7 Å². The fraction of sp³-hybridized carbons (Fsp3) is 0.0909. The number of aromatic nitrogens is 3. The number of benzene rings is 2. The highest BCUT2D eigenvalue weighted by molar-refractivity contribution is 7.99. The van der Waals surface area contributed by atoms with E-state index in [2.05, 4.69) is 15.0 Å². The highest BCUT2D eigenvalue weighted by Crippen LogP contribution is 2.26. The van der Waals surface area contributed by atoms with E-state index in [0.29, 0.717) is 33.8 Å². The van der Waals surface area contributed by atoms with Crippen LogP contribution in [0, 0.1) is 0 Å². The molecule has 0 amide bonds. The van der Waals surface area contributed by atoms with Gasteiger partial charge in [0, 0.05) is 17.1 Å². The Bertz CT molecular complexity index is 1150. The molecule has 4 aromatic rings. The summed E-state index contributed by atoms with van der Waals surface area (Å²) in [7, 11) is 0. The van der Waals surface area contributed by atoms with Crippen LogP contribution in [-0.2, 0) is 6.61 Å². The van der Waals surface area contributed by atoms with E-state index in [1.54, 1.807) is 18.3 Å². The smallest absolute Gasteiger partial charge is 0.188 e. The lowest BCUT2D eigenvalue weighted by atomic mass is 10.2. The molecule has 8 heteroatoms. The summed E-state index contributed by atoms with van der Waals surface area (Å²) < 4.78 is 5.74. The fourth-order valence-corrected chi connectivity index (χ4v) is 4.20. The van der Waals surface area contributed by atoms with Gasteiger partial charge in [-0.15, -0.1) is 11.3 Å². The average molecular weight is 454 g/mol. The van der Waals surface area contributed by atoms with E-state index >= 15 is 0 Å². The number of nitrogens with zero attached hydrogens (tertiary/aromatic N) is 3. The lowest BCUT2D eigenvalue weighted by Crippen LogP contribution is -2.03. The Labute approximate surface area is 187 Å². The summed E-state index contributed by atoms with van der Waals surface area (Å²) in [5.74, 6) is 0.948. The van der Waals surface area contributed by atoms with Gasteiger partial charge in [-0.05, 0) is 18.2 Å². The molecule has 150 valence electrons. The van der Waals surface area contributed by atoms with Crippen molar-refractivity contribution in [3.63, 3.8) is 0 Å². The van der Waals surface area contributed by atoms with E-state index in [4.69, 9.17) is 16.3 Å². The van der Waals surface area contributed by atoms with E-state index in [-0.39, 0.29) is 11.5 Å². The largest absolute Gasteiger partial charge is 0.485 e.